The molecule has 0 fully saturated rings. The molecule has 2 N–H and O–H groups in total. The van der Waals surface area contributed by atoms with Crippen molar-refractivity contribution in [2.45, 2.75) is 43.5 Å². The minimum Gasteiger partial charge on any atom is -0.333 e. The summed E-state index contributed by atoms with van der Waals surface area (Å²) in [5.74, 6) is -0.336. The Morgan fingerprint density at radius 2 is 2.00 bits per heavy atom. The van der Waals surface area contributed by atoms with E-state index in [0.29, 0.717) is 0 Å². The molecule has 104 valence electrons. The zero-order chi connectivity index (χ0) is 14.5. The van der Waals surface area contributed by atoms with Crippen molar-refractivity contribution in [2.75, 3.05) is 0 Å². The van der Waals surface area contributed by atoms with Crippen molar-refractivity contribution in [1.29, 1.82) is 0 Å². The predicted molar refractivity (Wildman–Crippen MR) is 76.0 cm³/mol. The number of rotatable bonds is 3. The SMILES string of the molecule is CC(Sc1ccccn1)C(=O)NC(=O)NC(C)(C)C. The topological polar surface area (TPSA) is 71.1 Å². The summed E-state index contributed by atoms with van der Waals surface area (Å²) in [6.45, 7) is 7.29. The fraction of sp³-hybridized carbons (Fsp3) is 0.462. The summed E-state index contributed by atoms with van der Waals surface area (Å²) in [4.78, 5) is 27.5. The molecular weight excluding hydrogens is 262 g/mol. The number of hydrogen-bond donors (Lipinski definition) is 2. The van der Waals surface area contributed by atoms with Crippen LogP contribution in [0.1, 0.15) is 27.7 Å². The predicted octanol–water partition coefficient (Wildman–Crippen LogP) is 2.19. The van der Waals surface area contributed by atoms with E-state index in [1.54, 1.807) is 13.1 Å². The number of pyridine rings is 1. The van der Waals surface area contributed by atoms with Crippen molar-refractivity contribution in [1.82, 2.24) is 15.6 Å². The van der Waals surface area contributed by atoms with Crippen molar-refractivity contribution < 1.29 is 9.59 Å². The van der Waals surface area contributed by atoms with Crippen LogP contribution in [0, 0.1) is 0 Å². The van der Waals surface area contributed by atoms with E-state index in [1.165, 1.54) is 11.8 Å². The quantitative estimate of drug-likeness (QED) is 0.833. The van der Waals surface area contributed by atoms with Gasteiger partial charge in [0.1, 0.15) is 0 Å². The normalized spacial score (nSPS) is 12.6. The van der Waals surface area contributed by atoms with E-state index >= 15 is 0 Å². The van der Waals surface area contributed by atoms with Gasteiger partial charge in [-0.25, -0.2) is 9.78 Å². The van der Waals surface area contributed by atoms with Gasteiger partial charge in [0.05, 0.1) is 10.3 Å². The second-order valence-electron chi connectivity index (χ2n) is 5.12. The number of carbonyl (C=O) groups excluding carboxylic acids is 2. The Morgan fingerprint density at radius 1 is 1.32 bits per heavy atom. The zero-order valence-electron chi connectivity index (χ0n) is 11.6. The molecule has 19 heavy (non-hydrogen) atoms. The first-order valence-corrected chi connectivity index (χ1v) is 6.86. The number of aromatic nitrogens is 1. The minimum atomic E-state index is -0.481. The Bertz CT molecular complexity index is 443. The molecule has 3 amide bonds. The van der Waals surface area contributed by atoms with Crippen LogP contribution in [-0.4, -0.2) is 27.7 Å². The maximum absolute atomic E-state index is 11.8. The van der Waals surface area contributed by atoms with Crippen molar-refractivity contribution in [3.8, 4) is 0 Å². The first kappa shape index (κ1) is 15.5. The zero-order valence-corrected chi connectivity index (χ0v) is 12.4. The maximum atomic E-state index is 11.8. The first-order valence-electron chi connectivity index (χ1n) is 5.98. The molecule has 0 saturated heterocycles. The van der Waals surface area contributed by atoms with Crippen LogP contribution in [-0.2, 0) is 4.79 Å². The molecule has 0 aromatic carbocycles. The molecule has 1 unspecified atom stereocenters. The Balaban J connectivity index is 2.47. The molecule has 0 aliphatic rings. The van der Waals surface area contributed by atoms with Gasteiger partial charge in [-0.2, -0.15) is 0 Å². The van der Waals surface area contributed by atoms with Crippen LogP contribution in [0.2, 0.25) is 0 Å². The number of thioether (sulfide) groups is 1. The Labute approximate surface area is 117 Å². The lowest BCUT2D eigenvalue weighted by Crippen LogP contribution is -2.49. The number of imide groups is 1. The monoisotopic (exact) mass is 281 g/mol. The van der Waals surface area contributed by atoms with E-state index in [0.717, 1.165) is 5.03 Å². The summed E-state index contributed by atoms with van der Waals surface area (Å²) < 4.78 is 0. The summed E-state index contributed by atoms with van der Waals surface area (Å²) in [5.41, 5.74) is -0.373. The van der Waals surface area contributed by atoms with Crippen molar-refractivity contribution in [3.63, 3.8) is 0 Å². The number of carbonyl (C=O) groups is 2. The largest absolute Gasteiger partial charge is 0.333 e. The van der Waals surface area contributed by atoms with Gasteiger partial charge in [0.15, 0.2) is 0 Å². The third-order valence-corrected chi connectivity index (χ3v) is 3.08. The molecule has 0 spiro atoms. The molecule has 1 heterocycles. The highest BCUT2D eigenvalue weighted by molar-refractivity contribution is 8.00. The standard InChI is InChI=1S/C13H19N3O2S/c1-9(19-10-7-5-6-8-14-10)11(17)15-12(18)16-13(2,3)4/h5-9H,1-4H3,(H2,15,16,17,18). The van der Waals surface area contributed by atoms with Gasteiger partial charge in [0.2, 0.25) is 5.91 Å². The Hall–Kier alpha value is -1.56. The number of hydrogen-bond acceptors (Lipinski definition) is 4. The van der Waals surface area contributed by atoms with Crippen LogP contribution < -0.4 is 10.6 Å². The molecule has 5 nitrogen and oxygen atoms in total. The van der Waals surface area contributed by atoms with Gasteiger partial charge < -0.3 is 5.32 Å². The fourth-order valence-corrected chi connectivity index (χ4v) is 2.04. The third kappa shape index (κ3) is 6.24. The van der Waals surface area contributed by atoms with Gasteiger partial charge in [0, 0.05) is 11.7 Å². The van der Waals surface area contributed by atoms with Gasteiger partial charge in [-0.1, -0.05) is 17.8 Å². The van der Waals surface area contributed by atoms with Gasteiger partial charge in [-0.05, 0) is 39.8 Å². The van der Waals surface area contributed by atoms with E-state index in [-0.39, 0.29) is 16.7 Å². The molecular formula is C13H19N3O2S. The molecule has 1 aromatic rings. The summed E-state index contributed by atoms with van der Waals surface area (Å²) in [7, 11) is 0. The van der Waals surface area contributed by atoms with E-state index in [9.17, 15) is 9.59 Å². The molecule has 1 rings (SSSR count). The molecule has 0 aliphatic carbocycles. The highest BCUT2D eigenvalue weighted by atomic mass is 32.2. The average Bonchev–Trinajstić information content (AvgIpc) is 2.27. The van der Waals surface area contributed by atoms with E-state index in [1.807, 2.05) is 39.0 Å². The molecule has 0 radical (unpaired) electrons. The lowest BCUT2D eigenvalue weighted by Gasteiger charge is -2.21. The molecule has 1 aromatic heterocycles. The van der Waals surface area contributed by atoms with Crippen LogP contribution >= 0.6 is 11.8 Å². The summed E-state index contributed by atoms with van der Waals surface area (Å²) in [6.07, 6.45) is 1.67. The van der Waals surface area contributed by atoms with Gasteiger partial charge >= 0.3 is 6.03 Å². The maximum Gasteiger partial charge on any atom is 0.321 e. The number of nitrogens with zero attached hydrogens (tertiary/aromatic N) is 1. The smallest absolute Gasteiger partial charge is 0.321 e. The number of amides is 3. The summed E-state index contributed by atoms with van der Waals surface area (Å²) >= 11 is 1.31. The third-order valence-electron chi connectivity index (χ3n) is 2.03. The molecule has 0 saturated carbocycles. The highest BCUT2D eigenvalue weighted by Crippen LogP contribution is 2.20. The number of nitrogens with one attached hydrogen (secondary N) is 2. The Morgan fingerprint density at radius 3 is 2.53 bits per heavy atom. The van der Waals surface area contributed by atoms with Crippen molar-refractivity contribution >= 4 is 23.7 Å². The van der Waals surface area contributed by atoms with Gasteiger partial charge in [-0.15, -0.1) is 0 Å². The van der Waals surface area contributed by atoms with E-state index < -0.39 is 6.03 Å². The van der Waals surface area contributed by atoms with Crippen LogP contribution in [0.3, 0.4) is 0 Å². The molecule has 1 atom stereocenters. The van der Waals surface area contributed by atoms with Crippen molar-refractivity contribution in [2.24, 2.45) is 0 Å². The van der Waals surface area contributed by atoms with Crippen LogP contribution in [0.15, 0.2) is 29.4 Å². The summed E-state index contributed by atoms with van der Waals surface area (Å²) in [6, 6.07) is 5.01. The van der Waals surface area contributed by atoms with E-state index in [2.05, 4.69) is 15.6 Å². The highest BCUT2D eigenvalue weighted by Gasteiger charge is 2.20. The molecule has 0 aliphatic heterocycles. The molecule has 6 heteroatoms. The van der Waals surface area contributed by atoms with Crippen LogP contribution in [0.5, 0.6) is 0 Å². The van der Waals surface area contributed by atoms with Gasteiger partial charge in [-0.3, -0.25) is 10.1 Å². The van der Waals surface area contributed by atoms with Crippen LogP contribution in [0.4, 0.5) is 4.79 Å². The average molecular weight is 281 g/mol. The summed E-state index contributed by atoms with van der Waals surface area (Å²) in [5, 5.41) is 5.35. The molecule has 0 bridgehead atoms. The van der Waals surface area contributed by atoms with Crippen LogP contribution in [0.25, 0.3) is 0 Å². The number of urea groups is 1. The Kier molecular flexibility index (Phi) is 5.35. The first-order chi connectivity index (χ1) is 8.78. The minimum absolute atomic E-state index is 0.336. The fourth-order valence-electron chi connectivity index (χ4n) is 1.24. The second-order valence-corrected chi connectivity index (χ2v) is 6.48. The van der Waals surface area contributed by atoms with E-state index in [4.69, 9.17) is 0 Å². The lowest BCUT2D eigenvalue weighted by molar-refractivity contribution is -0.119. The van der Waals surface area contributed by atoms with Crippen molar-refractivity contribution in [3.05, 3.63) is 24.4 Å². The lowest BCUT2D eigenvalue weighted by atomic mass is 10.1. The van der Waals surface area contributed by atoms with Gasteiger partial charge in [0.25, 0.3) is 0 Å². The second kappa shape index (κ2) is 6.56.